The Morgan fingerprint density at radius 3 is 1.57 bits per heavy atom. The monoisotopic (exact) mass is 412 g/mol. The van der Waals surface area contributed by atoms with Crippen LogP contribution in [0, 0.1) is 59.2 Å². The topological polar surface area (TPSA) is 34.1 Å². The van der Waals surface area contributed by atoms with E-state index in [-0.39, 0.29) is 11.8 Å². The third-order valence-corrected chi connectivity index (χ3v) is 12.3. The van der Waals surface area contributed by atoms with Gasteiger partial charge in [-0.15, -0.1) is 23.5 Å². The minimum atomic E-state index is 0.263. The number of allylic oxidation sites excluding steroid dienone is 2. The van der Waals surface area contributed by atoms with Gasteiger partial charge in [0.25, 0.3) is 0 Å². The van der Waals surface area contributed by atoms with E-state index in [0.29, 0.717) is 69.4 Å². The van der Waals surface area contributed by atoms with Crippen LogP contribution in [-0.2, 0) is 9.59 Å². The van der Waals surface area contributed by atoms with Crippen LogP contribution in [0.15, 0.2) is 23.0 Å². The van der Waals surface area contributed by atoms with E-state index in [1.165, 1.54) is 12.8 Å². The van der Waals surface area contributed by atoms with E-state index in [2.05, 4.69) is 23.0 Å². The van der Waals surface area contributed by atoms with Crippen molar-refractivity contribution in [1.82, 2.24) is 0 Å². The van der Waals surface area contributed by atoms with Crippen LogP contribution in [0.25, 0.3) is 0 Å². The summed E-state index contributed by atoms with van der Waals surface area (Å²) < 4.78 is 0. The number of hydrogen-bond acceptors (Lipinski definition) is 4. The summed E-state index contributed by atoms with van der Waals surface area (Å²) in [7, 11) is 0. The van der Waals surface area contributed by atoms with Crippen molar-refractivity contribution >= 4 is 35.1 Å². The maximum absolute atomic E-state index is 13.5. The first-order chi connectivity index (χ1) is 13.7. The highest BCUT2D eigenvalue weighted by molar-refractivity contribution is 8.03. The van der Waals surface area contributed by atoms with E-state index in [1.54, 1.807) is 0 Å². The van der Waals surface area contributed by atoms with E-state index in [9.17, 15) is 9.59 Å². The van der Waals surface area contributed by atoms with E-state index in [1.807, 2.05) is 23.5 Å². The van der Waals surface area contributed by atoms with Crippen molar-refractivity contribution in [2.75, 3.05) is 0 Å². The lowest BCUT2D eigenvalue weighted by Gasteiger charge is -2.43. The van der Waals surface area contributed by atoms with Crippen LogP contribution in [-0.4, -0.2) is 22.1 Å². The Morgan fingerprint density at radius 1 is 0.643 bits per heavy atom. The standard InChI is InChI=1S/C24H28O2S2/c25-23-13-1-3-19-11(5-7-27-19)21(13)15-9-18-16(10-17(15)23)22-12-6-8-28-20(12)4-2-14(22)24(18)26/h5-8,11-22H,1-4,9-10H2. The second-order valence-electron chi connectivity index (χ2n) is 10.5. The average Bonchev–Trinajstić information content (AvgIpc) is 3.47. The number of thioether (sulfide) groups is 2. The molecule has 148 valence electrons. The van der Waals surface area contributed by atoms with Crippen molar-refractivity contribution in [3.05, 3.63) is 23.0 Å². The molecule has 12 unspecified atom stereocenters. The molecule has 0 saturated heterocycles. The molecule has 0 amide bonds. The number of carbonyl (C=O) groups is 2. The van der Waals surface area contributed by atoms with Crippen molar-refractivity contribution in [3.63, 3.8) is 0 Å². The maximum Gasteiger partial charge on any atom is 0.139 e. The lowest BCUT2D eigenvalue weighted by molar-refractivity contribution is -0.129. The van der Waals surface area contributed by atoms with Gasteiger partial charge in [0.05, 0.1) is 0 Å². The molecule has 2 heterocycles. The molecule has 5 aliphatic carbocycles. The second kappa shape index (κ2) is 6.03. The summed E-state index contributed by atoms with van der Waals surface area (Å²) in [5, 5.41) is 5.99. The van der Waals surface area contributed by atoms with Gasteiger partial charge >= 0.3 is 0 Å². The van der Waals surface area contributed by atoms with Crippen molar-refractivity contribution < 1.29 is 9.59 Å². The third-order valence-electron chi connectivity index (χ3n) is 9.85. The Morgan fingerprint density at radius 2 is 1.11 bits per heavy atom. The number of fused-ring (bicyclic) bond motifs is 10. The molecule has 12 atom stereocenters. The Balaban J connectivity index is 1.24. The summed E-state index contributed by atoms with van der Waals surface area (Å²) in [5.41, 5.74) is 0. The zero-order valence-electron chi connectivity index (χ0n) is 16.1. The third kappa shape index (κ3) is 2.10. The Hall–Kier alpha value is -0.480. The van der Waals surface area contributed by atoms with Crippen LogP contribution in [0.5, 0.6) is 0 Å². The molecule has 0 N–H and O–H groups in total. The first-order valence-electron chi connectivity index (χ1n) is 11.4. The minimum Gasteiger partial charge on any atom is -0.299 e. The van der Waals surface area contributed by atoms with Crippen LogP contribution in [0.2, 0.25) is 0 Å². The highest BCUT2D eigenvalue weighted by Crippen LogP contribution is 2.65. The highest BCUT2D eigenvalue weighted by atomic mass is 32.2. The van der Waals surface area contributed by atoms with Crippen LogP contribution < -0.4 is 0 Å². The second-order valence-corrected chi connectivity index (χ2v) is 12.8. The predicted octanol–water partition coefficient (Wildman–Crippen LogP) is 4.95. The molecular weight excluding hydrogens is 384 g/mol. The molecule has 5 saturated carbocycles. The molecule has 2 nitrogen and oxygen atoms in total. The van der Waals surface area contributed by atoms with Crippen molar-refractivity contribution in [2.24, 2.45) is 59.2 Å². The zero-order chi connectivity index (χ0) is 18.6. The van der Waals surface area contributed by atoms with Gasteiger partial charge in [-0.1, -0.05) is 12.2 Å². The first-order valence-corrected chi connectivity index (χ1v) is 13.3. The lowest BCUT2D eigenvalue weighted by Crippen LogP contribution is -2.40. The van der Waals surface area contributed by atoms with Crippen molar-refractivity contribution in [2.45, 2.75) is 49.0 Å². The normalized spacial score (nSPS) is 58.1. The van der Waals surface area contributed by atoms with Gasteiger partial charge in [-0.3, -0.25) is 9.59 Å². The summed E-state index contributed by atoms with van der Waals surface area (Å²) in [6, 6.07) is 0. The molecule has 0 aromatic rings. The van der Waals surface area contributed by atoms with Crippen molar-refractivity contribution in [1.29, 1.82) is 0 Å². The molecule has 28 heavy (non-hydrogen) atoms. The fourth-order valence-corrected chi connectivity index (χ4v) is 11.3. The Kier molecular flexibility index (Phi) is 3.71. The van der Waals surface area contributed by atoms with Crippen LogP contribution >= 0.6 is 23.5 Å². The van der Waals surface area contributed by atoms with E-state index < -0.39 is 0 Å². The Bertz CT molecular complexity index is 736. The molecule has 0 radical (unpaired) electrons. The number of ketones is 2. The van der Waals surface area contributed by atoms with Crippen LogP contribution in [0.4, 0.5) is 0 Å². The number of hydrogen-bond donors (Lipinski definition) is 0. The highest BCUT2D eigenvalue weighted by Gasteiger charge is 2.64. The lowest BCUT2D eigenvalue weighted by atomic mass is 9.61. The molecule has 0 aromatic carbocycles. The van der Waals surface area contributed by atoms with Crippen LogP contribution in [0.3, 0.4) is 0 Å². The Labute approximate surface area is 175 Å². The summed E-state index contributed by atoms with van der Waals surface area (Å²) in [4.78, 5) is 27.0. The van der Waals surface area contributed by atoms with E-state index >= 15 is 0 Å². The molecular formula is C24H28O2S2. The molecule has 0 bridgehead atoms. The van der Waals surface area contributed by atoms with Gasteiger partial charge < -0.3 is 0 Å². The van der Waals surface area contributed by atoms with Gasteiger partial charge in [-0.25, -0.2) is 0 Å². The molecule has 7 aliphatic rings. The number of carbonyl (C=O) groups excluding carboxylic acids is 2. The zero-order valence-corrected chi connectivity index (χ0v) is 17.7. The molecule has 5 fully saturated rings. The summed E-state index contributed by atoms with van der Waals surface area (Å²) in [6.07, 6.45) is 11.5. The summed E-state index contributed by atoms with van der Waals surface area (Å²) >= 11 is 3.99. The molecule has 2 aliphatic heterocycles. The van der Waals surface area contributed by atoms with E-state index in [4.69, 9.17) is 0 Å². The average molecular weight is 413 g/mol. The van der Waals surface area contributed by atoms with Gasteiger partial charge in [-0.2, -0.15) is 0 Å². The minimum absolute atomic E-state index is 0.263. The maximum atomic E-state index is 13.5. The van der Waals surface area contributed by atoms with Gasteiger partial charge in [0, 0.05) is 34.2 Å². The van der Waals surface area contributed by atoms with Gasteiger partial charge in [0.2, 0.25) is 0 Å². The smallest absolute Gasteiger partial charge is 0.139 e. The summed E-state index contributed by atoms with van der Waals surface area (Å²) in [6.45, 7) is 0. The number of Topliss-reactive ketones (excluding diaryl/α,β-unsaturated/α-hetero) is 2. The largest absolute Gasteiger partial charge is 0.299 e. The van der Waals surface area contributed by atoms with Gasteiger partial charge in [0.1, 0.15) is 11.6 Å². The van der Waals surface area contributed by atoms with Gasteiger partial charge in [0.15, 0.2) is 0 Å². The molecule has 0 aromatic heterocycles. The fourth-order valence-electron chi connectivity index (χ4n) is 8.94. The quantitative estimate of drug-likeness (QED) is 0.564. The fraction of sp³-hybridized carbons (Fsp3) is 0.750. The summed E-state index contributed by atoms with van der Waals surface area (Å²) in [5.74, 6) is 5.55. The first kappa shape index (κ1) is 17.2. The van der Waals surface area contributed by atoms with E-state index in [0.717, 1.165) is 25.7 Å². The predicted molar refractivity (Wildman–Crippen MR) is 114 cm³/mol. The van der Waals surface area contributed by atoms with Crippen LogP contribution in [0.1, 0.15) is 38.5 Å². The number of rotatable bonds is 0. The molecule has 0 spiro atoms. The SMILES string of the molecule is O=C1C2CC3C(CC2C2C1CCC1SC=CC12)C(=O)C1CCC2SC=CC2C13. The van der Waals surface area contributed by atoms with Gasteiger partial charge in [-0.05, 0) is 84.8 Å². The molecule has 4 heteroatoms. The van der Waals surface area contributed by atoms with Crippen molar-refractivity contribution in [3.8, 4) is 0 Å². The molecule has 7 rings (SSSR count).